The lowest BCUT2D eigenvalue weighted by Gasteiger charge is -2.01. The summed E-state index contributed by atoms with van der Waals surface area (Å²) in [6, 6.07) is 0. The summed E-state index contributed by atoms with van der Waals surface area (Å²) < 4.78 is 1.87. The average molecular weight is 250 g/mol. The van der Waals surface area contributed by atoms with Crippen LogP contribution in [0.4, 0.5) is 5.82 Å². The van der Waals surface area contributed by atoms with Crippen LogP contribution in [0, 0.1) is 6.92 Å². The molecule has 6 heteroatoms. The molecule has 0 aliphatic carbocycles. The number of unbranched alkanes of at least 4 members (excludes halogenated alkanes) is 1. The summed E-state index contributed by atoms with van der Waals surface area (Å²) in [5.74, 6) is 0.493. The van der Waals surface area contributed by atoms with E-state index in [0.717, 1.165) is 36.1 Å². The Labute approximate surface area is 107 Å². The zero-order chi connectivity index (χ0) is 13.5. The van der Waals surface area contributed by atoms with E-state index < -0.39 is 0 Å². The molecule has 0 spiro atoms. The third-order valence-corrected chi connectivity index (χ3v) is 2.56. The molecule has 0 amide bonds. The molecule has 2 rings (SSSR count). The normalized spacial score (nSPS) is 10.2. The summed E-state index contributed by atoms with van der Waals surface area (Å²) in [6.45, 7) is 7.44. The van der Waals surface area contributed by atoms with E-state index in [1.54, 1.807) is 0 Å². The lowest BCUT2D eigenvalue weighted by atomic mass is 10.3. The fourth-order valence-corrected chi connectivity index (χ4v) is 1.77. The van der Waals surface area contributed by atoms with Crippen LogP contribution < -0.4 is 11.5 Å². The monoisotopic (exact) mass is 250 g/mol. The van der Waals surface area contributed by atoms with E-state index in [1.165, 1.54) is 6.33 Å². The highest BCUT2D eigenvalue weighted by atomic mass is 15.3. The molecular formula is C12H22N6. The van der Waals surface area contributed by atoms with Crippen LogP contribution in [0.3, 0.4) is 0 Å². The van der Waals surface area contributed by atoms with Crippen LogP contribution in [-0.4, -0.2) is 26.3 Å². The lowest BCUT2D eigenvalue weighted by molar-refractivity contribution is 0.569. The molecule has 2 aromatic heterocycles. The smallest absolute Gasteiger partial charge is 0.163 e. The quantitative estimate of drug-likeness (QED) is 0.801. The zero-order valence-electron chi connectivity index (χ0n) is 11.3. The molecule has 2 aromatic rings. The van der Waals surface area contributed by atoms with Crippen molar-refractivity contribution < 1.29 is 0 Å². The molecule has 0 aliphatic rings. The van der Waals surface area contributed by atoms with Crippen molar-refractivity contribution >= 4 is 16.9 Å². The minimum absolute atomic E-state index is 0.493. The molecule has 18 heavy (non-hydrogen) atoms. The Balaban J connectivity index is 0.000000771. The van der Waals surface area contributed by atoms with Gasteiger partial charge in [-0.25, -0.2) is 14.6 Å². The van der Waals surface area contributed by atoms with Gasteiger partial charge in [-0.1, -0.05) is 13.8 Å². The average Bonchev–Trinajstić information content (AvgIpc) is 2.71. The van der Waals surface area contributed by atoms with Crippen LogP contribution in [0.15, 0.2) is 6.33 Å². The number of aryl methyl sites for hydroxylation is 2. The molecule has 100 valence electrons. The maximum absolute atomic E-state index is 5.80. The van der Waals surface area contributed by atoms with Crippen LogP contribution in [0.25, 0.3) is 11.0 Å². The van der Waals surface area contributed by atoms with Gasteiger partial charge in [-0.3, -0.25) is 0 Å². The van der Waals surface area contributed by atoms with Gasteiger partial charge >= 0.3 is 0 Å². The van der Waals surface area contributed by atoms with Gasteiger partial charge < -0.3 is 11.5 Å². The van der Waals surface area contributed by atoms with E-state index in [0.29, 0.717) is 12.4 Å². The Kier molecular flexibility index (Phi) is 5.51. The van der Waals surface area contributed by atoms with Gasteiger partial charge in [-0.05, 0) is 26.3 Å². The van der Waals surface area contributed by atoms with Crippen molar-refractivity contribution in [2.24, 2.45) is 5.73 Å². The molecule has 0 atom stereocenters. The van der Waals surface area contributed by atoms with Crippen LogP contribution in [0.5, 0.6) is 0 Å². The van der Waals surface area contributed by atoms with Gasteiger partial charge in [0.25, 0.3) is 0 Å². The Morgan fingerprint density at radius 2 is 1.94 bits per heavy atom. The van der Waals surface area contributed by atoms with Crippen molar-refractivity contribution in [2.75, 3.05) is 12.3 Å². The first kappa shape index (κ1) is 14.4. The molecular weight excluding hydrogens is 228 g/mol. The Bertz CT molecular complexity index is 491. The minimum atomic E-state index is 0.493. The molecule has 4 N–H and O–H groups in total. The standard InChI is InChI=1S/C10H16N6.C2H6/c1-7-8-9(12)13-6-14-10(8)16(15-7)5-3-2-4-11;1-2/h6H,2-5,11H2,1H3,(H2,12,13,14);1-2H3. The highest BCUT2D eigenvalue weighted by Crippen LogP contribution is 2.20. The number of nitrogens with two attached hydrogens (primary N) is 2. The second-order valence-corrected chi connectivity index (χ2v) is 3.76. The molecule has 0 unspecified atom stereocenters. The summed E-state index contributed by atoms with van der Waals surface area (Å²) in [5.41, 5.74) is 12.9. The molecule has 0 radical (unpaired) electrons. The van der Waals surface area contributed by atoms with Crippen molar-refractivity contribution in [3.8, 4) is 0 Å². The number of hydrogen-bond donors (Lipinski definition) is 2. The molecule has 2 heterocycles. The van der Waals surface area contributed by atoms with E-state index in [1.807, 2.05) is 25.5 Å². The van der Waals surface area contributed by atoms with Crippen LogP contribution in [0.1, 0.15) is 32.4 Å². The van der Waals surface area contributed by atoms with Crippen molar-refractivity contribution in [1.82, 2.24) is 19.7 Å². The number of fused-ring (bicyclic) bond motifs is 1. The van der Waals surface area contributed by atoms with E-state index >= 15 is 0 Å². The van der Waals surface area contributed by atoms with Gasteiger partial charge in [0, 0.05) is 6.54 Å². The van der Waals surface area contributed by atoms with Crippen LogP contribution >= 0.6 is 0 Å². The second-order valence-electron chi connectivity index (χ2n) is 3.76. The van der Waals surface area contributed by atoms with Crippen molar-refractivity contribution in [3.05, 3.63) is 12.0 Å². The summed E-state index contributed by atoms with van der Waals surface area (Å²) in [6.07, 6.45) is 3.45. The van der Waals surface area contributed by atoms with Gasteiger partial charge in [-0.2, -0.15) is 5.10 Å². The topological polar surface area (TPSA) is 95.6 Å². The number of anilines is 1. The maximum Gasteiger partial charge on any atom is 0.163 e. The molecule has 0 aromatic carbocycles. The van der Waals surface area contributed by atoms with Gasteiger partial charge in [-0.15, -0.1) is 0 Å². The first-order valence-electron chi connectivity index (χ1n) is 6.37. The number of nitrogens with zero attached hydrogens (tertiary/aromatic N) is 4. The van der Waals surface area contributed by atoms with Gasteiger partial charge in [0.2, 0.25) is 0 Å². The highest BCUT2D eigenvalue weighted by molar-refractivity contribution is 5.87. The Morgan fingerprint density at radius 1 is 1.22 bits per heavy atom. The third kappa shape index (κ3) is 2.95. The minimum Gasteiger partial charge on any atom is -0.383 e. The largest absolute Gasteiger partial charge is 0.383 e. The molecule has 0 saturated heterocycles. The summed E-state index contributed by atoms with van der Waals surface area (Å²) in [7, 11) is 0. The van der Waals surface area contributed by atoms with Gasteiger partial charge in [0.1, 0.15) is 12.1 Å². The van der Waals surface area contributed by atoms with Crippen LogP contribution in [0.2, 0.25) is 0 Å². The van der Waals surface area contributed by atoms with Crippen molar-refractivity contribution in [2.45, 2.75) is 40.2 Å². The predicted molar refractivity (Wildman–Crippen MR) is 74.1 cm³/mol. The summed E-state index contributed by atoms with van der Waals surface area (Å²) in [5, 5.41) is 5.27. The molecule has 0 bridgehead atoms. The van der Waals surface area contributed by atoms with E-state index in [9.17, 15) is 0 Å². The number of nitrogen functional groups attached to an aromatic ring is 1. The third-order valence-electron chi connectivity index (χ3n) is 2.56. The molecule has 0 aliphatic heterocycles. The SMILES string of the molecule is CC.Cc1nn(CCCCN)c2ncnc(N)c12. The highest BCUT2D eigenvalue weighted by Gasteiger charge is 2.11. The number of hydrogen-bond acceptors (Lipinski definition) is 5. The Hall–Kier alpha value is -1.69. The van der Waals surface area contributed by atoms with Crippen molar-refractivity contribution in [3.63, 3.8) is 0 Å². The number of rotatable bonds is 4. The predicted octanol–water partition coefficient (Wildman–Crippen LogP) is 1.48. The van der Waals surface area contributed by atoms with E-state index in [4.69, 9.17) is 11.5 Å². The fourth-order valence-electron chi connectivity index (χ4n) is 1.77. The van der Waals surface area contributed by atoms with E-state index in [2.05, 4.69) is 15.1 Å². The van der Waals surface area contributed by atoms with Crippen molar-refractivity contribution in [1.29, 1.82) is 0 Å². The number of aromatic nitrogens is 4. The van der Waals surface area contributed by atoms with Crippen LogP contribution in [-0.2, 0) is 6.54 Å². The second kappa shape index (κ2) is 6.90. The fraction of sp³-hybridized carbons (Fsp3) is 0.583. The summed E-state index contributed by atoms with van der Waals surface area (Å²) >= 11 is 0. The maximum atomic E-state index is 5.80. The summed E-state index contributed by atoms with van der Waals surface area (Å²) in [4.78, 5) is 8.19. The molecule has 0 fully saturated rings. The van der Waals surface area contributed by atoms with Gasteiger partial charge in [0.05, 0.1) is 11.1 Å². The van der Waals surface area contributed by atoms with Gasteiger partial charge in [0.15, 0.2) is 5.65 Å². The zero-order valence-corrected chi connectivity index (χ0v) is 11.3. The lowest BCUT2D eigenvalue weighted by Crippen LogP contribution is -2.05. The van der Waals surface area contributed by atoms with E-state index in [-0.39, 0.29) is 0 Å². The molecule has 6 nitrogen and oxygen atoms in total. The first-order chi connectivity index (χ1) is 8.74. The first-order valence-corrected chi connectivity index (χ1v) is 6.37. The Morgan fingerprint density at radius 3 is 2.61 bits per heavy atom. The molecule has 0 saturated carbocycles.